The third-order valence-electron chi connectivity index (χ3n) is 3.87. The summed E-state index contributed by atoms with van der Waals surface area (Å²) in [5.41, 5.74) is 1.47. The zero-order chi connectivity index (χ0) is 15.5. The molecule has 0 aliphatic carbocycles. The highest BCUT2D eigenvalue weighted by Crippen LogP contribution is 2.34. The van der Waals surface area contributed by atoms with Crippen LogP contribution in [0.4, 0.5) is 5.69 Å². The highest BCUT2D eigenvalue weighted by atomic mass is 16.5. The third-order valence-corrected chi connectivity index (χ3v) is 3.87. The van der Waals surface area contributed by atoms with Gasteiger partial charge in [-0.15, -0.1) is 0 Å². The Kier molecular flexibility index (Phi) is 4.00. The molecule has 1 atom stereocenters. The first-order chi connectivity index (χ1) is 10.7. The molecule has 114 valence electrons. The number of carbonyl (C=O) groups is 1. The van der Waals surface area contributed by atoms with Crippen molar-refractivity contribution in [3.05, 3.63) is 54.1 Å². The van der Waals surface area contributed by atoms with E-state index in [-0.39, 0.29) is 12.0 Å². The number of para-hydroxylation sites is 2. The fraction of sp³-hybridized carbons (Fsp3) is 0.278. The quantitative estimate of drug-likeness (QED) is 0.870. The zero-order valence-electron chi connectivity index (χ0n) is 12.8. The molecule has 4 nitrogen and oxygen atoms in total. The molecular weight excluding hydrogens is 278 g/mol. The third kappa shape index (κ3) is 2.64. The minimum Gasteiger partial charge on any atom is -0.497 e. The zero-order valence-corrected chi connectivity index (χ0v) is 12.8. The number of amides is 1. The SMILES string of the molecule is CCC1CN(C(=O)c2ccc(OC)cc2)c2ccccc2O1. The van der Waals surface area contributed by atoms with Gasteiger partial charge in [0, 0.05) is 5.56 Å². The summed E-state index contributed by atoms with van der Waals surface area (Å²) in [4.78, 5) is 14.7. The lowest BCUT2D eigenvalue weighted by Crippen LogP contribution is -2.43. The molecule has 0 spiro atoms. The summed E-state index contributed by atoms with van der Waals surface area (Å²) in [5, 5.41) is 0. The van der Waals surface area contributed by atoms with Gasteiger partial charge in [-0.3, -0.25) is 4.79 Å². The second kappa shape index (κ2) is 6.10. The van der Waals surface area contributed by atoms with Gasteiger partial charge in [0.05, 0.1) is 19.3 Å². The Balaban J connectivity index is 1.93. The van der Waals surface area contributed by atoms with Crippen molar-refractivity contribution in [1.29, 1.82) is 0 Å². The van der Waals surface area contributed by atoms with Crippen LogP contribution in [-0.2, 0) is 0 Å². The van der Waals surface area contributed by atoms with E-state index in [1.165, 1.54) is 0 Å². The number of nitrogens with zero attached hydrogens (tertiary/aromatic N) is 1. The van der Waals surface area contributed by atoms with Crippen LogP contribution in [0.3, 0.4) is 0 Å². The molecule has 2 aromatic carbocycles. The maximum absolute atomic E-state index is 12.9. The number of ether oxygens (including phenoxy) is 2. The molecule has 1 heterocycles. The van der Waals surface area contributed by atoms with Crippen molar-refractivity contribution < 1.29 is 14.3 Å². The average molecular weight is 297 g/mol. The topological polar surface area (TPSA) is 38.8 Å². The summed E-state index contributed by atoms with van der Waals surface area (Å²) < 4.78 is 11.1. The van der Waals surface area contributed by atoms with Gasteiger partial charge in [0.25, 0.3) is 5.91 Å². The van der Waals surface area contributed by atoms with Crippen molar-refractivity contribution in [2.75, 3.05) is 18.6 Å². The van der Waals surface area contributed by atoms with Gasteiger partial charge in [-0.25, -0.2) is 0 Å². The summed E-state index contributed by atoms with van der Waals surface area (Å²) in [6.45, 7) is 2.63. The van der Waals surface area contributed by atoms with Crippen LogP contribution in [0.15, 0.2) is 48.5 Å². The van der Waals surface area contributed by atoms with Crippen molar-refractivity contribution in [2.24, 2.45) is 0 Å². The Morgan fingerprint density at radius 2 is 1.95 bits per heavy atom. The predicted octanol–water partition coefficient (Wildman–Crippen LogP) is 3.51. The standard InChI is InChI=1S/C18H19NO3/c1-3-14-12-19(16-6-4-5-7-17(16)22-14)18(20)13-8-10-15(21-2)11-9-13/h4-11,14H,3,12H2,1-2H3. The van der Waals surface area contributed by atoms with Crippen molar-refractivity contribution in [2.45, 2.75) is 19.4 Å². The molecular formula is C18H19NO3. The Morgan fingerprint density at radius 1 is 1.23 bits per heavy atom. The molecule has 22 heavy (non-hydrogen) atoms. The van der Waals surface area contributed by atoms with Crippen LogP contribution in [0.5, 0.6) is 11.5 Å². The van der Waals surface area contributed by atoms with E-state index in [1.807, 2.05) is 24.3 Å². The van der Waals surface area contributed by atoms with Gasteiger partial charge >= 0.3 is 0 Å². The van der Waals surface area contributed by atoms with E-state index < -0.39 is 0 Å². The number of anilines is 1. The number of carbonyl (C=O) groups excluding carboxylic acids is 1. The molecule has 0 saturated heterocycles. The lowest BCUT2D eigenvalue weighted by Gasteiger charge is -2.34. The maximum atomic E-state index is 12.9. The van der Waals surface area contributed by atoms with E-state index in [0.29, 0.717) is 12.1 Å². The molecule has 2 aromatic rings. The van der Waals surface area contributed by atoms with Crippen LogP contribution in [0, 0.1) is 0 Å². The van der Waals surface area contributed by atoms with E-state index >= 15 is 0 Å². The van der Waals surface area contributed by atoms with Crippen LogP contribution in [0.25, 0.3) is 0 Å². The van der Waals surface area contributed by atoms with Gasteiger partial charge in [-0.2, -0.15) is 0 Å². The van der Waals surface area contributed by atoms with Gasteiger partial charge in [-0.1, -0.05) is 19.1 Å². The van der Waals surface area contributed by atoms with Crippen LogP contribution in [0.1, 0.15) is 23.7 Å². The van der Waals surface area contributed by atoms with E-state index in [4.69, 9.17) is 9.47 Å². The largest absolute Gasteiger partial charge is 0.497 e. The van der Waals surface area contributed by atoms with E-state index in [1.54, 1.807) is 36.3 Å². The Bertz CT molecular complexity index is 666. The van der Waals surface area contributed by atoms with Crippen molar-refractivity contribution in [3.63, 3.8) is 0 Å². The second-order valence-electron chi connectivity index (χ2n) is 5.26. The van der Waals surface area contributed by atoms with Gasteiger partial charge < -0.3 is 14.4 Å². The minimum atomic E-state index is -0.0168. The average Bonchev–Trinajstić information content (AvgIpc) is 2.60. The summed E-state index contributed by atoms with van der Waals surface area (Å²) in [5.74, 6) is 1.49. The molecule has 4 heteroatoms. The number of methoxy groups -OCH3 is 1. The van der Waals surface area contributed by atoms with Gasteiger partial charge in [-0.05, 0) is 42.8 Å². The lowest BCUT2D eigenvalue weighted by atomic mass is 10.1. The predicted molar refractivity (Wildman–Crippen MR) is 85.8 cm³/mol. The molecule has 1 unspecified atom stereocenters. The maximum Gasteiger partial charge on any atom is 0.258 e. The first kappa shape index (κ1) is 14.4. The van der Waals surface area contributed by atoms with Gasteiger partial charge in [0.1, 0.15) is 17.6 Å². The second-order valence-corrected chi connectivity index (χ2v) is 5.26. The summed E-state index contributed by atoms with van der Waals surface area (Å²) in [6.07, 6.45) is 0.887. The summed E-state index contributed by atoms with van der Waals surface area (Å²) in [7, 11) is 1.61. The van der Waals surface area contributed by atoms with Crippen molar-refractivity contribution in [1.82, 2.24) is 0 Å². The van der Waals surface area contributed by atoms with Gasteiger partial charge in [0.15, 0.2) is 0 Å². The molecule has 1 aliphatic heterocycles. The number of benzene rings is 2. The van der Waals surface area contributed by atoms with Crippen LogP contribution in [-0.4, -0.2) is 25.7 Å². The van der Waals surface area contributed by atoms with Crippen LogP contribution in [0.2, 0.25) is 0 Å². The molecule has 0 fully saturated rings. The Hall–Kier alpha value is -2.49. The summed E-state index contributed by atoms with van der Waals surface area (Å²) >= 11 is 0. The number of hydrogen-bond donors (Lipinski definition) is 0. The van der Waals surface area contributed by atoms with Crippen molar-refractivity contribution >= 4 is 11.6 Å². The number of hydrogen-bond acceptors (Lipinski definition) is 3. The highest BCUT2D eigenvalue weighted by Gasteiger charge is 2.29. The van der Waals surface area contributed by atoms with E-state index in [9.17, 15) is 4.79 Å². The molecule has 1 amide bonds. The van der Waals surface area contributed by atoms with Crippen molar-refractivity contribution in [3.8, 4) is 11.5 Å². The Labute approximate surface area is 130 Å². The number of fused-ring (bicyclic) bond motifs is 1. The lowest BCUT2D eigenvalue weighted by molar-refractivity contribution is 0.0954. The summed E-state index contributed by atoms with van der Waals surface area (Å²) in [6, 6.07) is 14.9. The molecule has 0 saturated carbocycles. The van der Waals surface area contributed by atoms with Crippen LogP contribution < -0.4 is 14.4 Å². The smallest absolute Gasteiger partial charge is 0.258 e. The molecule has 3 rings (SSSR count). The fourth-order valence-electron chi connectivity index (χ4n) is 2.59. The first-order valence-corrected chi connectivity index (χ1v) is 7.44. The molecule has 0 radical (unpaired) electrons. The Morgan fingerprint density at radius 3 is 2.64 bits per heavy atom. The van der Waals surface area contributed by atoms with Crippen LogP contribution >= 0.6 is 0 Å². The van der Waals surface area contributed by atoms with Gasteiger partial charge in [0.2, 0.25) is 0 Å². The monoisotopic (exact) mass is 297 g/mol. The molecule has 0 N–H and O–H groups in total. The number of rotatable bonds is 3. The molecule has 0 bridgehead atoms. The normalized spacial score (nSPS) is 16.6. The van der Waals surface area contributed by atoms with E-state index in [2.05, 4.69) is 6.92 Å². The fourth-order valence-corrected chi connectivity index (χ4v) is 2.59. The molecule has 1 aliphatic rings. The minimum absolute atomic E-state index is 0.0168. The first-order valence-electron chi connectivity index (χ1n) is 7.44. The van der Waals surface area contributed by atoms with E-state index in [0.717, 1.165) is 23.6 Å². The molecule has 0 aromatic heterocycles. The highest BCUT2D eigenvalue weighted by molar-refractivity contribution is 6.07.